The van der Waals surface area contributed by atoms with Crippen LogP contribution in [-0.2, 0) is 28.8 Å². The van der Waals surface area contributed by atoms with E-state index in [1.807, 2.05) is 0 Å². The SMILES string of the molecule is CC(C)(C)OC(=O)CC[C@H](NN=[N+]=[N-])C(=O)ON1C(=O)CCC1=O. The third-order valence-electron chi connectivity index (χ3n) is 2.79. The quantitative estimate of drug-likeness (QED) is 0.180. The number of hydrogen-bond acceptors (Lipinski definition) is 7. The van der Waals surface area contributed by atoms with Crippen LogP contribution in [0.3, 0.4) is 0 Å². The summed E-state index contributed by atoms with van der Waals surface area (Å²) >= 11 is 0. The molecule has 1 rings (SSSR count). The minimum absolute atomic E-state index is 0.0432. The second-order valence-electron chi connectivity index (χ2n) is 5.99. The van der Waals surface area contributed by atoms with E-state index in [1.54, 1.807) is 20.8 Å². The van der Waals surface area contributed by atoms with Gasteiger partial charge in [0.2, 0.25) is 0 Å². The highest BCUT2D eigenvalue weighted by atomic mass is 16.7. The van der Waals surface area contributed by atoms with E-state index in [4.69, 9.17) is 15.1 Å². The molecule has 0 bridgehead atoms. The predicted molar refractivity (Wildman–Crippen MR) is 78.3 cm³/mol. The maximum absolute atomic E-state index is 12.0. The predicted octanol–water partition coefficient (Wildman–Crippen LogP) is 0.899. The molecule has 11 heteroatoms. The first-order valence-electron chi connectivity index (χ1n) is 7.23. The molecule has 1 fully saturated rings. The van der Waals surface area contributed by atoms with Gasteiger partial charge in [-0.2, -0.15) is 4.91 Å². The van der Waals surface area contributed by atoms with E-state index in [-0.39, 0.29) is 25.7 Å². The number of hydrogen-bond donors (Lipinski definition) is 1. The van der Waals surface area contributed by atoms with Crippen molar-refractivity contribution in [2.75, 3.05) is 0 Å². The largest absolute Gasteiger partial charge is 0.460 e. The number of carbonyl (C=O) groups excluding carboxylic acids is 4. The van der Waals surface area contributed by atoms with Crippen LogP contribution in [0.15, 0.2) is 5.22 Å². The minimum Gasteiger partial charge on any atom is -0.460 e. The zero-order valence-electron chi connectivity index (χ0n) is 13.6. The van der Waals surface area contributed by atoms with Crippen molar-refractivity contribution in [1.82, 2.24) is 10.5 Å². The van der Waals surface area contributed by atoms with E-state index in [0.29, 0.717) is 5.06 Å². The van der Waals surface area contributed by atoms with Crippen molar-refractivity contribution in [1.29, 1.82) is 0 Å². The van der Waals surface area contributed by atoms with Gasteiger partial charge in [0, 0.05) is 19.3 Å². The van der Waals surface area contributed by atoms with Crippen molar-refractivity contribution in [2.45, 2.75) is 58.1 Å². The molecule has 1 aliphatic heterocycles. The number of rotatable bonds is 7. The van der Waals surface area contributed by atoms with Gasteiger partial charge < -0.3 is 9.57 Å². The third-order valence-corrected chi connectivity index (χ3v) is 2.79. The van der Waals surface area contributed by atoms with E-state index < -0.39 is 35.4 Å². The lowest BCUT2D eigenvalue weighted by atomic mass is 10.1. The molecule has 24 heavy (non-hydrogen) atoms. The molecule has 1 N–H and O–H groups in total. The zero-order valence-corrected chi connectivity index (χ0v) is 13.6. The number of nitrogens with zero attached hydrogens (tertiary/aromatic N) is 4. The summed E-state index contributed by atoms with van der Waals surface area (Å²) in [5.41, 5.74) is 9.82. The summed E-state index contributed by atoms with van der Waals surface area (Å²) in [5.74, 6) is -2.85. The Morgan fingerprint density at radius 3 is 2.42 bits per heavy atom. The average Bonchev–Trinajstić information content (AvgIpc) is 2.77. The fraction of sp³-hybridized carbons (Fsp3) is 0.692. The van der Waals surface area contributed by atoms with Crippen LogP contribution in [0.2, 0.25) is 0 Å². The van der Waals surface area contributed by atoms with Crippen LogP contribution < -0.4 is 5.43 Å². The lowest BCUT2D eigenvalue weighted by molar-refractivity contribution is -0.199. The van der Waals surface area contributed by atoms with Gasteiger partial charge in [-0.15, -0.1) is 10.6 Å². The fourth-order valence-electron chi connectivity index (χ4n) is 1.80. The molecule has 132 valence electrons. The number of ether oxygens (including phenoxy) is 1. The molecule has 0 saturated carbocycles. The van der Waals surface area contributed by atoms with E-state index in [1.165, 1.54) is 0 Å². The first-order valence-corrected chi connectivity index (χ1v) is 7.23. The molecule has 0 radical (unpaired) electrons. The first kappa shape index (κ1) is 19.2. The van der Waals surface area contributed by atoms with Gasteiger partial charge in [0.15, 0.2) is 6.04 Å². The van der Waals surface area contributed by atoms with Crippen molar-refractivity contribution in [3.63, 3.8) is 0 Å². The van der Waals surface area contributed by atoms with Crippen molar-refractivity contribution < 1.29 is 28.8 Å². The summed E-state index contributed by atoms with van der Waals surface area (Å²) in [6.07, 6.45) is -0.354. The standard InChI is InChI=1S/C13H19N5O6/c1-13(2,3)23-11(21)7-4-8(15-17-16-14)12(22)24-18-9(19)5-6-10(18)20/h8,15H,4-7H2,1-3H3/t8-/m0/s1. The van der Waals surface area contributed by atoms with Gasteiger partial charge in [-0.3, -0.25) is 14.4 Å². The van der Waals surface area contributed by atoms with Crippen LogP contribution in [-0.4, -0.2) is 40.5 Å². The van der Waals surface area contributed by atoms with Gasteiger partial charge in [-0.1, -0.05) is 0 Å². The summed E-state index contributed by atoms with van der Waals surface area (Å²) in [4.78, 5) is 53.7. The van der Waals surface area contributed by atoms with Crippen molar-refractivity contribution in [3.8, 4) is 0 Å². The minimum atomic E-state index is -1.21. The fourth-order valence-corrected chi connectivity index (χ4v) is 1.80. The zero-order chi connectivity index (χ0) is 18.3. The van der Waals surface area contributed by atoms with Crippen molar-refractivity contribution in [3.05, 3.63) is 10.4 Å². The molecule has 1 heterocycles. The normalized spacial score (nSPS) is 15.5. The summed E-state index contributed by atoms with van der Waals surface area (Å²) in [5, 5.41) is 3.42. The Bertz CT molecular complexity index is 562. The molecular formula is C13H19N5O6. The summed E-state index contributed by atoms with van der Waals surface area (Å²) in [6.45, 7) is 5.08. The number of hydroxylamine groups is 2. The highest BCUT2D eigenvalue weighted by Crippen LogP contribution is 2.14. The highest BCUT2D eigenvalue weighted by Gasteiger charge is 2.36. The second-order valence-corrected chi connectivity index (χ2v) is 5.99. The Labute approximate surface area is 137 Å². The maximum Gasteiger partial charge on any atom is 0.377 e. The number of carbonyl (C=O) groups is 4. The van der Waals surface area contributed by atoms with Gasteiger partial charge in [0.25, 0.3) is 11.8 Å². The second kappa shape index (κ2) is 8.16. The molecular weight excluding hydrogens is 322 g/mol. The first-order chi connectivity index (χ1) is 11.1. The molecule has 11 nitrogen and oxygen atoms in total. The van der Waals surface area contributed by atoms with Crippen molar-refractivity contribution in [2.24, 2.45) is 5.22 Å². The van der Waals surface area contributed by atoms with Crippen LogP contribution in [0, 0.1) is 0 Å². The van der Waals surface area contributed by atoms with E-state index in [9.17, 15) is 19.2 Å². The maximum atomic E-state index is 12.0. The topological polar surface area (TPSA) is 151 Å². The summed E-state index contributed by atoms with van der Waals surface area (Å²) in [6, 6.07) is -1.21. The number of amides is 2. The molecule has 1 atom stereocenters. The van der Waals surface area contributed by atoms with Gasteiger partial charge in [-0.25, -0.2) is 10.2 Å². The highest BCUT2D eigenvalue weighted by molar-refractivity contribution is 6.01. The van der Waals surface area contributed by atoms with Crippen molar-refractivity contribution >= 4 is 23.8 Å². The Balaban J connectivity index is 2.65. The average molecular weight is 341 g/mol. The van der Waals surface area contributed by atoms with E-state index in [2.05, 4.69) is 15.6 Å². The van der Waals surface area contributed by atoms with Gasteiger partial charge in [-0.05, 0) is 26.0 Å². The Hall–Kier alpha value is -2.81. The molecule has 0 unspecified atom stereocenters. The molecule has 1 aliphatic rings. The Kier molecular flexibility index (Phi) is 6.54. The van der Waals surface area contributed by atoms with Crippen LogP contribution in [0.25, 0.3) is 10.4 Å². The molecule has 0 aromatic heterocycles. The Morgan fingerprint density at radius 1 is 1.33 bits per heavy atom. The number of esters is 1. The molecule has 2 amide bonds. The smallest absolute Gasteiger partial charge is 0.377 e. The lowest BCUT2D eigenvalue weighted by Gasteiger charge is -2.20. The van der Waals surface area contributed by atoms with Crippen LogP contribution >= 0.6 is 0 Å². The summed E-state index contributed by atoms with van der Waals surface area (Å²) in [7, 11) is 0. The molecule has 0 spiro atoms. The molecule has 1 saturated heterocycles. The van der Waals surface area contributed by atoms with E-state index >= 15 is 0 Å². The lowest BCUT2D eigenvalue weighted by Crippen LogP contribution is -2.41. The number of imide groups is 1. The Morgan fingerprint density at radius 2 is 1.92 bits per heavy atom. The van der Waals surface area contributed by atoms with Crippen LogP contribution in [0.1, 0.15) is 46.5 Å². The molecule has 0 aliphatic carbocycles. The summed E-state index contributed by atoms with van der Waals surface area (Å²) < 4.78 is 5.10. The molecule has 0 aromatic rings. The molecule has 0 aromatic carbocycles. The number of azide groups is 1. The number of nitrogens with one attached hydrogen (secondary N) is 1. The van der Waals surface area contributed by atoms with Gasteiger partial charge in [0.05, 0.1) is 6.42 Å². The monoisotopic (exact) mass is 341 g/mol. The van der Waals surface area contributed by atoms with Crippen LogP contribution in [0.5, 0.6) is 0 Å². The van der Waals surface area contributed by atoms with Gasteiger partial charge >= 0.3 is 11.9 Å². The van der Waals surface area contributed by atoms with E-state index in [0.717, 1.165) is 0 Å². The van der Waals surface area contributed by atoms with Gasteiger partial charge in [0.1, 0.15) is 5.60 Å². The van der Waals surface area contributed by atoms with Crippen LogP contribution in [0.4, 0.5) is 0 Å². The third kappa shape index (κ3) is 6.13.